The van der Waals surface area contributed by atoms with E-state index < -0.39 is 11.7 Å². The number of hydrogen-bond acceptors (Lipinski definition) is 2. The van der Waals surface area contributed by atoms with E-state index in [0.29, 0.717) is 23.2 Å². The molecule has 1 N–H and O–H groups in total. The highest BCUT2D eigenvalue weighted by Crippen LogP contribution is 2.29. The maximum Gasteiger partial charge on any atom is 0.329 e. The minimum absolute atomic E-state index is 0.0338. The van der Waals surface area contributed by atoms with E-state index in [1.54, 1.807) is 27.3 Å². The number of rotatable bonds is 4. The van der Waals surface area contributed by atoms with Gasteiger partial charge in [-0.15, -0.1) is 0 Å². The number of fused-ring (bicyclic) bond motifs is 1. The van der Waals surface area contributed by atoms with Crippen molar-refractivity contribution in [1.29, 1.82) is 0 Å². The van der Waals surface area contributed by atoms with E-state index >= 15 is 0 Å². The molecule has 25 heavy (non-hydrogen) atoms. The molecule has 130 valence electrons. The average Bonchev–Trinajstić information content (AvgIpc) is 2.85. The average molecular weight is 406 g/mol. The normalized spacial score (nSPS) is 11.0. The Morgan fingerprint density at radius 1 is 1.12 bits per heavy atom. The van der Waals surface area contributed by atoms with Crippen LogP contribution in [-0.4, -0.2) is 15.0 Å². The lowest BCUT2D eigenvalue weighted by atomic mass is 10.2. The molecule has 3 aromatic rings. The zero-order chi connectivity index (χ0) is 18.1. The molecule has 0 atom stereocenters. The summed E-state index contributed by atoms with van der Waals surface area (Å²) in [5, 5.41) is 2.71. The van der Waals surface area contributed by atoms with Crippen molar-refractivity contribution >= 4 is 38.6 Å². The van der Waals surface area contributed by atoms with E-state index in [9.17, 15) is 14.0 Å². The van der Waals surface area contributed by atoms with Gasteiger partial charge in [-0.05, 0) is 54.0 Å². The van der Waals surface area contributed by atoms with Crippen LogP contribution >= 0.6 is 15.9 Å². The molecule has 1 amide bonds. The molecule has 0 fully saturated rings. The second-order valence-electron chi connectivity index (χ2n) is 5.53. The summed E-state index contributed by atoms with van der Waals surface area (Å²) in [4.78, 5) is 24.8. The molecular formula is C18H17BrFN3O2. The Labute approximate surface area is 152 Å². The number of aromatic nitrogens is 2. The topological polar surface area (TPSA) is 56.0 Å². The number of amides is 1. The van der Waals surface area contributed by atoms with Crippen LogP contribution < -0.4 is 11.0 Å². The molecular weight excluding hydrogens is 389 g/mol. The number of carbonyl (C=O) groups is 1. The molecule has 1 heterocycles. The summed E-state index contributed by atoms with van der Waals surface area (Å²) in [6.45, 7) is 4.86. The Morgan fingerprint density at radius 3 is 2.32 bits per heavy atom. The summed E-state index contributed by atoms with van der Waals surface area (Å²) in [5.74, 6) is -1.13. The Bertz CT molecular complexity index is 1020. The largest absolute Gasteiger partial charge is 0.329 e. The number of imidazole rings is 1. The van der Waals surface area contributed by atoms with Gasteiger partial charge in [-0.3, -0.25) is 13.9 Å². The lowest BCUT2D eigenvalue weighted by molar-refractivity contribution is 0.102. The highest BCUT2D eigenvalue weighted by Gasteiger charge is 2.17. The zero-order valence-corrected chi connectivity index (χ0v) is 15.4. The van der Waals surface area contributed by atoms with Gasteiger partial charge in [0.05, 0.1) is 22.3 Å². The molecule has 2 aromatic carbocycles. The summed E-state index contributed by atoms with van der Waals surface area (Å²) in [5.41, 5.74) is 1.86. The van der Waals surface area contributed by atoms with Crippen molar-refractivity contribution in [3.05, 3.63) is 62.7 Å². The Hall–Kier alpha value is -2.41. The number of aryl methyl sites for hydroxylation is 2. The van der Waals surface area contributed by atoms with E-state index in [1.165, 1.54) is 18.2 Å². The lowest BCUT2D eigenvalue weighted by Gasteiger charge is -2.10. The fraction of sp³-hybridized carbons (Fsp3) is 0.222. The van der Waals surface area contributed by atoms with E-state index in [0.717, 1.165) is 11.0 Å². The second kappa shape index (κ2) is 6.84. The molecule has 0 bridgehead atoms. The first-order valence-electron chi connectivity index (χ1n) is 7.96. The van der Waals surface area contributed by atoms with Crippen molar-refractivity contribution in [2.75, 3.05) is 5.32 Å². The number of hydrogen-bond donors (Lipinski definition) is 1. The van der Waals surface area contributed by atoms with Gasteiger partial charge in [-0.2, -0.15) is 0 Å². The van der Waals surface area contributed by atoms with Gasteiger partial charge in [0, 0.05) is 17.6 Å². The van der Waals surface area contributed by atoms with Crippen LogP contribution in [0.5, 0.6) is 0 Å². The van der Waals surface area contributed by atoms with Crippen LogP contribution in [0, 0.1) is 5.82 Å². The van der Waals surface area contributed by atoms with Gasteiger partial charge in [-0.1, -0.05) is 12.1 Å². The highest BCUT2D eigenvalue weighted by molar-refractivity contribution is 9.10. The first-order valence-corrected chi connectivity index (χ1v) is 8.75. The van der Waals surface area contributed by atoms with Crippen molar-refractivity contribution in [3.8, 4) is 0 Å². The minimum atomic E-state index is -0.584. The fourth-order valence-corrected chi connectivity index (χ4v) is 3.31. The molecule has 5 nitrogen and oxygen atoms in total. The van der Waals surface area contributed by atoms with E-state index in [1.807, 2.05) is 13.8 Å². The van der Waals surface area contributed by atoms with Crippen molar-refractivity contribution in [2.45, 2.75) is 26.9 Å². The fourth-order valence-electron chi connectivity index (χ4n) is 2.88. The molecule has 1 aromatic heterocycles. The number of nitrogens with zero attached hydrogens (tertiary/aromatic N) is 2. The molecule has 0 saturated carbocycles. The van der Waals surface area contributed by atoms with E-state index in [2.05, 4.69) is 21.2 Å². The first-order chi connectivity index (χ1) is 12.0. The van der Waals surface area contributed by atoms with Crippen LogP contribution in [0.25, 0.3) is 11.0 Å². The molecule has 0 radical (unpaired) electrons. The van der Waals surface area contributed by atoms with Crippen LogP contribution in [0.2, 0.25) is 0 Å². The van der Waals surface area contributed by atoms with Crippen molar-refractivity contribution in [2.24, 2.45) is 0 Å². The maximum absolute atomic E-state index is 13.8. The molecule has 0 aliphatic carbocycles. The van der Waals surface area contributed by atoms with Gasteiger partial charge in [0.2, 0.25) is 0 Å². The maximum atomic E-state index is 13.8. The summed E-state index contributed by atoms with van der Waals surface area (Å²) in [7, 11) is 0. The highest BCUT2D eigenvalue weighted by atomic mass is 79.9. The Morgan fingerprint density at radius 2 is 1.72 bits per heavy atom. The van der Waals surface area contributed by atoms with Crippen LogP contribution in [-0.2, 0) is 13.1 Å². The third-order valence-corrected chi connectivity index (χ3v) is 4.76. The predicted molar refractivity (Wildman–Crippen MR) is 99.6 cm³/mol. The summed E-state index contributed by atoms with van der Waals surface area (Å²) in [6, 6.07) is 9.32. The van der Waals surface area contributed by atoms with Crippen LogP contribution in [0.3, 0.4) is 0 Å². The molecule has 0 aliphatic heterocycles. The molecule has 0 spiro atoms. The summed E-state index contributed by atoms with van der Waals surface area (Å²) in [6.07, 6.45) is 0. The quantitative estimate of drug-likeness (QED) is 0.712. The number of benzene rings is 2. The molecule has 3 rings (SSSR count). The van der Waals surface area contributed by atoms with Gasteiger partial charge in [0.15, 0.2) is 0 Å². The summed E-state index contributed by atoms with van der Waals surface area (Å²) < 4.78 is 17.7. The van der Waals surface area contributed by atoms with Gasteiger partial charge >= 0.3 is 5.69 Å². The number of halogens is 2. The van der Waals surface area contributed by atoms with Gasteiger partial charge < -0.3 is 5.32 Å². The van der Waals surface area contributed by atoms with Gasteiger partial charge in [0.25, 0.3) is 5.91 Å². The zero-order valence-electron chi connectivity index (χ0n) is 13.8. The molecule has 0 unspecified atom stereocenters. The minimum Gasteiger partial charge on any atom is -0.321 e. The monoisotopic (exact) mass is 405 g/mol. The SMILES string of the molecule is CCn1c(=O)n(CC)c2cc(NC(=O)c3ccccc3F)c(Br)cc21. The molecule has 0 aliphatic rings. The molecule has 7 heteroatoms. The predicted octanol–water partition coefficient (Wildman–Crippen LogP) is 4.00. The third-order valence-electron chi connectivity index (χ3n) is 4.11. The van der Waals surface area contributed by atoms with Crippen molar-refractivity contribution in [1.82, 2.24) is 9.13 Å². The van der Waals surface area contributed by atoms with Gasteiger partial charge in [0.1, 0.15) is 5.82 Å². The van der Waals surface area contributed by atoms with Crippen molar-refractivity contribution < 1.29 is 9.18 Å². The first kappa shape index (κ1) is 17.4. The van der Waals surface area contributed by atoms with Crippen molar-refractivity contribution in [3.63, 3.8) is 0 Å². The van der Waals surface area contributed by atoms with Crippen LogP contribution in [0.4, 0.5) is 10.1 Å². The Kier molecular flexibility index (Phi) is 4.76. The Balaban J connectivity index is 2.09. The number of carbonyl (C=O) groups excluding carboxylic acids is 1. The van der Waals surface area contributed by atoms with E-state index in [4.69, 9.17) is 0 Å². The van der Waals surface area contributed by atoms with Crippen LogP contribution in [0.15, 0.2) is 45.7 Å². The summed E-state index contributed by atoms with van der Waals surface area (Å²) >= 11 is 3.42. The van der Waals surface area contributed by atoms with E-state index in [-0.39, 0.29) is 11.3 Å². The second-order valence-corrected chi connectivity index (χ2v) is 6.38. The van der Waals surface area contributed by atoms with Gasteiger partial charge in [-0.25, -0.2) is 9.18 Å². The molecule has 0 saturated heterocycles. The lowest BCUT2D eigenvalue weighted by Crippen LogP contribution is -2.23. The standard InChI is InChI=1S/C18H17BrFN3O2/c1-3-22-15-9-12(19)14(10-16(15)23(4-2)18(22)25)21-17(24)11-7-5-6-8-13(11)20/h5-10H,3-4H2,1-2H3,(H,21,24). The number of anilines is 1. The number of nitrogens with one attached hydrogen (secondary N) is 1. The van der Waals surface area contributed by atoms with Crippen LogP contribution in [0.1, 0.15) is 24.2 Å². The third kappa shape index (κ3) is 3.00. The smallest absolute Gasteiger partial charge is 0.321 e.